The molecule has 0 atom stereocenters. The Bertz CT molecular complexity index is 924. The van der Waals surface area contributed by atoms with E-state index in [0.29, 0.717) is 22.6 Å². The zero-order chi connectivity index (χ0) is 14.8. The molecular weight excluding hydrogens is 282 g/mol. The lowest BCUT2D eigenvalue weighted by Crippen LogP contribution is -2.22. The largest absolute Gasteiger partial charge is 0.287 e. The van der Waals surface area contributed by atoms with Crippen LogP contribution in [0.5, 0.6) is 0 Å². The molecule has 0 unspecified atom stereocenters. The molecule has 104 valence electrons. The Hall–Kier alpha value is -2.32. The summed E-state index contributed by atoms with van der Waals surface area (Å²) in [6.07, 6.45) is 0. The topological polar surface area (TPSA) is 58.7 Å². The summed E-state index contributed by atoms with van der Waals surface area (Å²) in [5.74, 6) is 0.283. The van der Waals surface area contributed by atoms with E-state index in [-0.39, 0.29) is 11.3 Å². The van der Waals surface area contributed by atoms with E-state index in [1.54, 1.807) is 4.57 Å². The summed E-state index contributed by atoms with van der Waals surface area (Å²) in [5, 5.41) is 12.0. The highest BCUT2D eigenvalue weighted by Crippen LogP contribution is 2.22. The van der Waals surface area contributed by atoms with Gasteiger partial charge in [-0.3, -0.25) is 9.36 Å². The van der Waals surface area contributed by atoms with Gasteiger partial charge in [-0.2, -0.15) is 5.26 Å². The number of rotatable bonds is 3. The number of aromatic nitrogens is 2. The fraction of sp³-hybridized carbons (Fsp3) is 0.188. The maximum Gasteiger partial charge on any atom is 0.262 e. The highest BCUT2D eigenvalue weighted by atomic mass is 32.2. The van der Waals surface area contributed by atoms with Crippen molar-refractivity contribution in [3.63, 3.8) is 0 Å². The molecule has 0 aliphatic heterocycles. The van der Waals surface area contributed by atoms with Crippen molar-refractivity contribution in [2.75, 3.05) is 5.75 Å². The van der Waals surface area contributed by atoms with Crippen LogP contribution in [-0.4, -0.2) is 15.3 Å². The van der Waals surface area contributed by atoms with Crippen molar-refractivity contribution in [1.82, 2.24) is 9.55 Å². The minimum atomic E-state index is -0.0475. The summed E-state index contributed by atoms with van der Waals surface area (Å²) < 4.78 is 1.62. The zero-order valence-corrected chi connectivity index (χ0v) is 12.4. The SMILES string of the molecule is CCn1c(SCC#N)nc2cc3ccccc3cc2c1=O. The standard InChI is InChI=1S/C16H13N3OS/c1-2-19-15(20)13-9-11-5-3-4-6-12(11)10-14(13)18-16(19)21-8-7-17/h3-6,9-10H,2,8H2,1H3. The second-order valence-corrected chi connectivity index (χ2v) is 5.55. The molecule has 0 aliphatic rings. The van der Waals surface area contributed by atoms with E-state index in [9.17, 15) is 4.79 Å². The van der Waals surface area contributed by atoms with E-state index >= 15 is 0 Å². The molecule has 5 heteroatoms. The van der Waals surface area contributed by atoms with Crippen molar-refractivity contribution in [2.24, 2.45) is 0 Å². The lowest BCUT2D eigenvalue weighted by molar-refractivity contribution is 0.635. The summed E-state index contributed by atoms with van der Waals surface area (Å²) in [5.41, 5.74) is 0.637. The minimum absolute atomic E-state index is 0.0475. The van der Waals surface area contributed by atoms with Crippen LogP contribution in [0.1, 0.15) is 6.92 Å². The van der Waals surface area contributed by atoms with E-state index in [1.165, 1.54) is 11.8 Å². The molecular formula is C16H13N3OS. The lowest BCUT2D eigenvalue weighted by atomic mass is 10.1. The Kier molecular flexibility index (Phi) is 3.63. The van der Waals surface area contributed by atoms with Gasteiger partial charge in [0.15, 0.2) is 5.16 Å². The fourth-order valence-corrected chi connectivity index (χ4v) is 3.10. The van der Waals surface area contributed by atoms with E-state index in [4.69, 9.17) is 5.26 Å². The Morgan fingerprint density at radius 1 is 1.29 bits per heavy atom. The lowest BCUT2D eigenvalue weighted by Gasteiger charge is -2.10. The predicted octanol–water partition coefficient (Wildman–Crippen LogP) is 3.19. The van der Waals surface area contributed by atoms with Gasteiger partial charge in [-0.1, -0.05) is 36.0 Å². The first-order valence-electron chi connectivity index (χ1n) is 6.67. The second kappa shape index (κ2) is 5.58. The minimum Gasteiger partial charge on any atom is -0.287 e. The predicted molar refractivity (Wildman–Crippen MR) is 85.5 cm³/mol. The first kappa shape index (κ1) is 13.7. The Morgan fingerprint density at radius 2 is 2.00 bits per heavy atom. The van der Waals surface area contributed by atoms with Gasteiger partial charge in [0.2, 0.25) is 0 Å². The van der Waals surface area contributed by atoms with Crippen LogP contribution >= 0.6 is 11.8 Å². The fourth-order valence-electron chi connectivity index (χ4n) is 2.37. The molecule has 0 saturated heterocycles. The summed E-state index contributed by atoms with van der Waals surface area (Å²) >= 11 is 1.30. The number of nitrogens with zero attached hydrogens (tertiary/aromatic N) is 3. The van der Waals surface area contributed by atoms with Crippen LogP contribution < -0.4 is 5.56 Å². The van der Waals surface area contributed by atoms with Crippen molar-refractivity contribution in [3.8, 4) is 6.07 Å². The third-order valence-corrected chi connectivity index (χ3v) is 4.21. The van der Waals surface area contributed by atoms with Gasteiger partial charge >= 0.3 is 0 Å². The van der Waals surface area contributed by atoms with E-state index < -0.39 is 0 Å². The van der Waals surface area contributed by atoms with E-state index in [2.05, 4.69) is 11.1 Å². The third-order valence-electron chi connectivity index (χ3n) is 3.37. The van der Waals surface area contributed by atoms with Gasteiger partial charge < -0.3 is 0 Å². The van der Waals surface area contributed by atoms with Gasteiger partial charge in [-0.05, 0) is 29.8 Å². The molecule has 0 spiro atoms. The van der Waals surface area contributed by atoms with Gasteiger partial charge in [0.05, 0.1) is 22.7 Å². The number of thioether (sulfide) groups is 1. The molecule has 1 aromatic heterocycles. The van der Waals surface area contributed by atoms with Gasteiger partial charge in [0.1, 0.15) is 0 Å². The van der Waals surface area contributed by atoms with Gasteiger partial charge in [0.25, 0.3) is 5.56 Å². The normalized spacial score (nSPS) is 10.9. The van der Waals surface area contributed by atoms with Crippen LogP contribution in [0.15, 0.2) is 46.3 Å². The smallest absolute Gasteiger partial charge is 0.262 e. The molecule has 1 heterocycles. The molecule has 0 aliphatic carbocycles. The maximum atomic E-state index is 12.6. The summed E-state index contributed by atoms with van der Waals surface area (Å²) in [6.45, 7) is 2.45. The van der Waals surface area contributed by atoms with Crippen LogP contribution in [0.4, 0.5) is 0 Å². The molecule has 0 N–H and O–H groups in total. The van der Waals surface area contributed by atoms with Crippen molar-refractivity contribution in [3.05, 3.63) is 46.8 Å². The average Bonchev–Trinajstić information content (AvgIpc) is 2.51. The molecule has 21 heavy (non-hydrogen) atoms. The van der Waals surface area contributed by atoms with E-state index in [0.717, 1.165) is 10.8 Å². The van der Waals surface area contributed by atoms with Crippen molar-refractivity contribution in [2.45, 2.75) is 18.6 Å². The summed E-state index contributed by atoms with van der Waals surface area (Å²) in [7, 11) is 0. The van der Waals surface area contributed by atoms with Gasteiger partial charge in [-0.15, -0.1) is 0 Å². The van der Waals surface area contributed by atoms with Crippen molar-refractivity contribution >= 4 is 33.4 Å². The number of fused-ring (bicyclic) bond motifs is 2. The molecule has 0 saturated carbocycles. The number of hydrogen-bond donors (Lipinski definition) is 0. The molecule has 4 nitrogen and oxygen atoms in total. The third kappa shape index (κ3) is 2.39. The average molecular weight is 295 g/mol. The van der Waals surface area contributed by atoms with Gasteiger partial charge in [-0.25, -0.2) is 4.98 Å². The van der Waals surface area contributed by atoms with Gasteiger partial charge in [0, 0.05) is 6.54 Å². The molecule has 0 amide bonds. The molecule has 0 bridgehead atoms. The first-order valence-corrected chi connectivity index (χ1v) is 7.66. The highest BCUT2D eigenvalue weighted by molar-refractivity contribution is 7.99. The van der Waals surface area contributed by atoms with Crippen molar-refractivity contribution < 1.29 is 0 Å². The van der Waals surface area contributed by atoms with Crippen LogP contribution in [0.2, 0.25) is 0 Å². The molecule has 0 fully saturated rings. The molecule has 3 aromatic rings. The van der Waals surface area contributed by atoms with Crippen LogP contribution in [0, 0.1) is 11.3 Å². The number of nitriles is 1. The zero-order valence-electron chi connectivity index (χ0n) is 11.5. The van der Waals surface area contributed by atoms with Crippen LogP contribution in [0.3, 0.4) is 0 Å². The Balaban J connectivity index is 2.33. The first-order chi connectivity index (χ1) is 10.2. The molecule has 0 radical (unpaired) electrons. The monoisotopic (exact) mass is 295 g/mol. The number of hydrogen-bond acceptors (Lipinski definition) is 4. The Morgan fingerprint density at radius 3 is 2.67 bits per heavy atom. The summed E-state index contributed by atoms with van der Waals surface area (Å²) in [4.78, 5) is 17.2. The highest BCUT2D eigenvalue weighted by Gasteiger charge is 2.11. The Labute approximate surface area is 126 Å². The molecule has 3 rings (SSSR count). The van der Waals surface area contributed by atoms with Crippen LogP contribution in [-0.2, 0) is 6.54 Å². The summed E-state index contributed by atoms with van der Waals surface area (Å²) in [6, 6.07) is 13.8. The quantitative estimate of drug-likeness (QED) is 0.423. The van der Waals surface area contributed by atoms with Crippen molar-refractivity contribution in [1.29, 1.82) is 5.26 Å². The maximum absolute atomic E-state index is 12.6. The van der Waals surface area contributed by atoms with Crippen LogP contribution in [0.25, 0.3) is 21.7 Å². The number of benzene rings is 2. The molecule has 2 aromatic carbocycles. The second-order valence-electron chi connectivity index (χ2n) is 4.61. The van der Waals surface area contributed by atoms with E-state index in [1.807, 2.05) is 43.3 Å².